The maximum absolute atomic E-state index is 10.6. The van der Waals surface area contributed by atoms with Crippen molar-refractivity contribution in [3.63, 3.8) is 0 Å². The van der Waals surface area contributed by atoms with Crippen LogP contribution in [0.1, 0.15) is 6.92 Å². The summed E-state index contributed by atoms with van der Waals surface area (Å²) in [6, 6.07) is 9.34. The smallest absolute Gasteiger partial charge is 0.850 e. The third kappa shape index (κ3) is 5.30. The van der Waals surface area contributed by atoms with Crippen LogP contribution in [0.25, 0.3) is 0 Å². The summed E-state index contributed by atoms with van der Waals surface area (Å²) < 4.78 is 5.15. The predicted molar refractivity (Wildman–Crippen MR) is 41.4 cm³/mol. The SMILES string of the molecule is CC([O-])COc1ccccc1.[K+]. The molecule has 0 aromatic heterocycles. The van der Waals surface area contributed by atoms with Crippen molar-refractivity contribution in [1.82, 2.24) is 0 Å². The van der Waals surface area contributed by atoms with Crippen molar-refractivity contribution in [2.24, 2.45) is 0 Å². The van der Waals surface area contributed by atoms with Gasteiger partial charge in [-0.15, -0.1) is 0 Å². The van der Waals surface area contributed by atoms with Gasteiger partial charge in [-0.05, 0) is 12.1 Å². The Bertz CT molecular complexity index is 199. The molecular formula is C9H11KO2. The van der Waals surface area contributed by atoms with Gasteiger partial charge in [0, 0.05) is 0 Å². The molecule has 12 heavy (non-hydrogen) atoms. The fraction of sp³-hybridized carbons (Fsp3) is 0.333. The normalized spacial score (nSPS) is 11.5. The zero-order valence-corrected chi connectivity index (χ0v) is 10.6. The topological polar surface area (TPSA) is 32.3 Å². The minimum Gasteiger partial charge on any atom is -0.850 e. The quantitative estimate of drug-likeness (QED) is 0.508. The first-order valence-corrected chi connectivity index (χ1v) is 3.62. The summed E-state index contributed by atoms with van der Waals surface area (Å²) in [6.45, 7) is 1.83. The Morgan fingerprint density at radius 1 is 1.33 bits per heavy atom. The monoisotopic (exact) mass is 190 g/mol. The van der Waals surface area contributed by atoms with Crippen LogP contribution in [-0.4, -0.2) is 12.7 Å². The molecule has 0 aliphatic carbocycles. The van der Waals surface area contributed by atoms with E-state index < -0.39 is 6.10 Å². The van der Waals surface area contributed by atoms with E-state index in [0.29, 0.717) is 0 Å². The number of hydrogen-bond acceptors (Lipinski definition) is 2. The first-order chi connectivity index (χ1) is 5.29. The molecule has 0 heterocycles. The van der Waals surface area contributed by atoms with Gasteiger partial charge in [-0.3, -0.25) is 0 Å². The summed E-state index contributed by atoms with van der Waals surface area (Å²) in [5.41, 5.74) is 0. The Morgan fingerprint density at radius 3 is 2.42 bits per heavy atom. The van der Waals surface area contributed by atoms with E-state index in [1.807, 2.05) is 30.3 Å². The molecule has 2 nitrogen and oxygen atoms in total. The molecule has 0 spiro atoms. The van der Waals surface area contributed by atoms with E-state index in [0.717, 1.165) is 5.75 Å². The minimum absolute atomic E-state index is 0. The van der Waals surface area contributed by atoms with E-state index >= 15 is 0 Å². The predicted octanol–water partition coefficient (Wildman–Crippen LogP) is -2.18. The van der Waals surface area contributed by atoms with Crippen LogP contribution in [0, 0.1) is 0 Å². The number of ether oxygens (including phenoxy) is 1. The maximum Gasteiger partial charge on any atom is 1.00 e. The molecule has 0 aliphatic rings. The van der Waals surface area contributed by atoms with Crippen LogP contribution in [0.5, 0.6) is 5.75 Å². The minimum atomic E-state index is -0.657. The van der Waals surface area contributed by atoms with Gasteiger partial charge >= 0.3 is 51.4 Å². The van der Waals surface area contributed by atoms with Gasteiger partial charge < -0.3 is 9.84 Å². The van der Waals surface area contributed by atoms with Crippen LogP contribution in [0.4, 0.5) is 0 Å². The van der Waals surface area contributed by atoms with Crippen molar-refractivity contribution < 1.29 is 61.2 Å². The fourth-order valence-corrected chi connectivity index (χ4v) is 0.730. The second-order valence-corrected chi connectivity index (χ2v) is 2.43. The first kappa shape index (κ1) is 12.6. The molecule has 1 rings (SSSR count). The van der Waals surface area contributed by atoms with E-state index in [9.17, 15) is 5.11 Å². The molecule has 0 N–H and O–H groups in total. The third-order valence-corrected chi connectivity index (χ3v) is 1.23. The van der Waals surface area contributed by atoms with E-state index in [4.69, 9.17) is 4.74 Å². The van der Waals surface area contributed by atoms with Crippen LogP contribution in [0.2, 0.25) is 0 Å². The first-order valence-electron chi connectivity index (χ1n) is 3.62. The number of rotatable bonds is 3. The van der Waals surface area contributed by atoms with Gasteiger partial charge in [0.2, 0.25) is 0 Å². The molecule has 1 aromatic rings. The summed E-state index contributed by atoms with van der Waals surface area (Å²) >= 11 is 0. The molecule has 0 aliphatic heterocycles. The molecule has 0 fully saturated rings. The average molecular weight is 190 g/mol. The molecule has 0 saturated heterocycles. The molecule has 1 aromatic carbocycles. The van der Waals surface area contributed by atoms with Gasteiger partial charge in [-0.2, -0.15) is 0 Å². The van der Waals surface area contributed by atoms with Crippen molar-refractivity contribution in [2.75, 3.05) is 6.61 Å². The molecule has 0 bridgehead atoms. The van der Waals surface area contributed by atoms with Gasteiger partial charge in [-0.25, -0.2) is 0 Å². The Hall–Kier alpha value is 0.616. The van der Waals surface area contributed by atoms with Gasteiger partial charge in [0.15, 0.2) is 0 Å². The summed E-state index contributed by atoms with van der Waals surface area (Å²) in [4.78, 5) is 0. The largest absolute Gasteiger partial charge is 1.00 e. The molecule has 3 heteroatoms. The molecule has 0 saturated carbocycles. The Morgan fingerprint density at radius 2 is 1.92 bits per heavy atom. The fourth-order valence-electron chi connectivity index (χ4n) is 0.730. The maximum atomic E-state index is 10.6. The van der Waals surface area contributed by atoms with Crippen molar-refractivity contribution in [1.29, 1.82) is 0 Å². The Balaban J connectivity index is 0.00000121. The summed E-state index contributed by atoms with van der Waals surface area (Å²) in [6.07, 6.45) is -0.657. The molecule has 1 atom stereocenters. The van der Waals surface area contributed by atoms with Crippen molar-refractivity contribution in [2.45, 2.75) is 13.0 Å². The second kappa shape index (κ2) is 7.06. The Kier molecular flexibility index (Phi) is 7.42. The van der Waals surface area contributed by atoms with Crippen molar-refractivity contribution in [3.8, 4) is 5.75 Å². The van der Waals surface area contributed by atoms with Gasteiger partial charge in [0.25, 0.3) is 0 Å². The molecule has 60 valence electrons. The van der Waals surface area contributed by atoms with Crippen LogP contribution in [0.15, 0.2) is 30.3 Å². The van der Waals surface area contributed by atoms with E-state index in [1.165, 1.54) is 0 Å². The summed E-state index contributed by atoms with van der Waals surface area (Å²) in [7, 11) is 0. The molecule has 0 radical (unpaired) electrons. The van der Waals surface area contributed by atoms with E-state index in [1.54, 1.807) is 6.92 Å². The van der Waals surface area contributed by atoms with Crippen LogP contribution >= 0.6 is 0 Å². The Labute approximate surface area is 115 Å². The van der Waals surface area contributed by atoms with Crippen molar-refractivity contribution in [3.05, 3.63) is 30.3 Å². The van der Waals surface area contributed by atoms with Crippen LogP contribution in [-0.2, 0) is 0 Å². The standard InChI is InChI=1S/C9H11O2.K/c1-8(10)7-11-9-5-3-2-4-6-9;/h2-6,8H,7H2,1H3;/q-1;+1. The molecule has 0 amide bonds. The van der Waals surface area contributed by atoms with Crippen LogP contribution in [0.3, 0.4) is 0 Å². The van der Waals surface area contributed by atoms with Gasteiger partial charge in [-0.1, -0.05) is 31.2 Å². The zero-order chi connectivity index (χ0) is 8.10. The van der Waals surface area contributed by atoms with Gasteiger partial charge in [0.05, 0.1) is 6.61 Å². The second-order valence-electron chi connectivity index (χ2n) is 2.43. The summed E-state index contributed by atoms with van der Waals surface area (Å²) in [5, 5.41) is 10.6. The average Bonchev–Trinajstić information content (AvgIpc) is 2.03. The molecule has 1 unspecified atom stereocenters. The summed E-state index contributed by atoms with van der Waals surface area (Å²) in [5.74, 6) is 0.759. The number of para-hydroxylation sites is 1. The zero-order valence-electron chi connectivity index (χ0n) is 7.49. The van der Waals surface area contributed by atoms with E-state index in [-0.39, 0.29) is 58.0 Å². The van der Waals surface area contributed by atoms with Gasteiger partial charge in [0.1, 0.15) is 5.75 Å². The molecular weight excluding hydrogens is 179 g/mol. The number of hydrogen-bond donors (Lipinski definition) is 0. The van der Waals surface area contributed by atoms with Crippen LogP contribution < -0.4 is 61.2 Å². The third-order valence-electron chi connectivity index (χ3n) is 1.23. The van der Waals surface area contributed by atoms with E-state index in [2.05, 4.69) is 0 Å². The number of benzene rings is 1. The van der Waals surface area contributed by atoms with Crippen molar-refractivity contribution >= 4 is 0 Å².